The molecule has 0 spiro atoms. The van der Waals surface area contributed by atoms with Crippen LogP contribution in [-0.2, 0) is 11.2 Å². The molecular formula is C20H22N2O5. The highest BCUT2D eigenvalue weighted by Crippen LogP contribution is 2.27. The minimum absolute atomic E-state index is 0.0917. The fourth-order valence-electron chi connectivity index (χ4n) is 3.35. The van der Waals surface area contributed by atoms with Crippen LogP contribution in [0.15, 0.2) is 24.3 Å². The number of aromatic amines is 1. The number of hydrogen-bond donors (Lipinski definition) is 3. The number of benzene rings is 1. The Kier molecular flexibility index (Phi) is 5.30. The van der Waals surface area contributed by atoms with Gasteiger partial charge in [-0.15, -0.1) is 0 Å². The number of Topliss-reactive ketones (excluding diaryl/α,β-unsaturated/α-hetero) is 1. The number of amides is 1. The maximum Gasteiger partial charge on any atom is 0.341 e. The van der Waals surface area contributed by atoms with Gasteiger partial charge in [0.2, 0.25) is 0 Å². The molecule has 3 N–H and O–H groups in total. The lowest BCUT2D eigenvalue weighted by molar-refractivity contribution is -0.139. The van der Waals surface area contributed by atoms with Crippen molar-refractivity contribution in [2.24, 2.45) is 0 Å². The van der Waals surface area contributed by atoms with Crippen LogP contribution < -0.4 is 10.1 Å². The smallest absolute Gasteiger partial charge is 0.341 e. The number of ether oxygens (including phenoxy) is 1. The Bertz CT molecular complexity index is 883. The second-order valence-electron chi connectivity index (χ2n) is 6.70. The van der Waals surface area contributed by atoms with E-state index in [0.29, 0.717) is 29.0 Å². The monoisotopic (exact) mass is 370 g/mol. The van der Waals surface area contributed by atoms with Gasteiger partial charge in [0.15, 0.2) is 12.4 Å². The van der Waals surface area contributed by atoms with Crippen molar-refractivity contribution in [1.29, 1.82) is 0 Å². The number of H-pyrrole nitrogens is 1. The molecule has 1 aliphatic carbocycles. The molecule has 0 saturated heterocycles. The van der Waals surface area contributed by atoms with E-state index in [1.54, 1.807) is 31.2 Å². The van der Waals surface area contributed by atoms with Crippen molar-refractivity contribution in [2.75, 3.05) is 6.61 Å². The van der Waals surface area contributed by atoms with E-state index in [1.807, 2.05) is 6.92 Å². The molecule has 0 bridgehead atoms. The van der Waals surface area contributed by atoms with E-state index in [2.05, 4.69) is 10.3 Å². The second-order valence-corrected chi connectivity index (χ2v) is 6.70. The van der Waals surface area contributed by atoms with Crippen molar-refractivity contribution in [3.05, 3.63) is 52.3 Å². The van der Waals surface area contributed by atoms with E-state index in [1.165, 1.54) is 0 Å². The zero-order chi connectivity index (χ0) is 19.6. The van der Waals surface area contributed by atoms with Crippen molar-refractivity contribution in [3.63, 3.8) is 0 Å². The van der Waals surface area contributed by atoms with Crippen LogP contribution >= 0.6 is 0 Å². The number of hydrogen-bond acceptors (Lipinski definition) is 4. The number of carbonyl (C=O) groups is 3. The maximum atomic E-state index is 12.7. The van der Waals surface area contributed by atoms with Gasteiger partial charge in [0.05, 0.1) is 6.04 Å². The number of fused-ring (bicyclic) bond motifs is 1. The lowest BCUT2D eigenvalue weighted by Gasteiger charge is -2.15. The molecule has 1 aromatic heterocycles. The molecule has 0 radical (unpaired) electrons. The molecule has 1 amide bonds. The summed E-state index contributed by atoms with van der Waals surface area (Å²) in [4.78, 5) is 38.4. The number of carboxylic acids is 1. The van der Waals surface area contributed by atoms with Gasteiger partial charge in [-0.1, -0.05) is 12.1 Å². The molecule has 3 rings (SSSR count). The summed E-state index contributed by atoms with van der Waals surface area (Å²) in [6, 6.07) is 6.62. The van der Waals surface area contributed by atoms with Gasteiger partial charge in [-0.25, -0.2) is 4.79 Å². The minimum Gasteiger partial charge on any atom is -0.482 e. The Morgan fingerprint density at radius 3 is 2.59 bits per heavy atom. The number of aliphatic carboxylic acids is 1. The molecule has 0 fully saturated rings. The van der Waals surface area contributed by atoms with Crippen LogP contribution in [0, 0.1) is 6.92 Å². The summed E-state index contributed by atoms with van der Waals surface area (Å²) < 4.78 is 5.10. The first-order chi connectivity index (χ1) is 12.9. The molecular weight excluding hydrogens is 348 g/mol. The highest BCUT2D eigenvalue weighted by atomic mass is 16.5. The molecule has 1 aliphatic rings. The third-order valence-electron chi connectivity index (χ3n) is 4.75. The Hall–Kier alpha value is -3.09. The lowest BCUT2D eigenvalue weighted by atomic mass is 9.94. The fourth-order valence-corrected chi connectivity index (χ4v) is 3.35. The van der Waals surface area contributed by atoms with Crippen molar-refractivity contribution < 1.29 is 24.2 Å². The molecule has 1 atom stereocenters. The Labute approximate surface area is 156 Å². The highest BCUT2D eigenvalue weighted by Gasteiger charge is 2.26. The van der Waals surface area contributed by atoms with Crippen LogP contribution in [0.2, 0.25) is 0 Å². The number of carboxylic acid groups (broad SMARTS) is 1. The van der Waals surface area contributed by atoms with E-state index in [-0.39, 0.29) is 17.7 Å². The van der Waals surface area contributed by atoms with E-state index in [0.717, 1.165) is 24.1 Å². The Morgan fingerprint density at radius 2 is 1.96 bits per heavy atom. The number of nitrogens with one attached hydrogen (secondary N) is 2. The first kappa shape index (κ1) is 18.7. The van der Waals surface area contributed by atoms with E-state index < -0.39 is 12.6 Å². The van der Waals surface area contributed by atoms with Crippen molar-refractivity contribution in [1.82, 2.24) is 10.3 Å². The topological polar surface area (TPSA) is 108 Å². The molecule has 7 heteroatoms. The maximum absolute atomic E-state index is 12.7. The van der Waals surface area contributed by atoms with Gasteiger partial charge in [-0.2, -0.15) is 0 Å². The normalized spacial score (nSPS) is 14.4. The molecule has 0 saturated carbocycles. The molecule has 2 aromatic rings. The number of ketones is 1. The fraction of sp³-hybridized carbons (Fsp3) is 0.350. The zero-order valence-electron chi connectivity index (χ0n) is 15.3. The minimum atomic E-state index is -1.04. The van der Waals surface area contributed by atoms with E-state index in [4.69, 9.17) is 9.84 Å². The molecule has 1 unspecified atom stereocenters. The quantitative estimate of drug-likeness (QED) is 0.724. The van der Waals surface area contributed by atoms with Gasteiger partial charge in [-0.3, -0.25) is 9.59 Å². The predicted octanol–water partition coefficient (Wildman–Crippen LogP) is 2.80. The third kappa shape index (κ3) is 4.02. The van der Waals surface area contributed by atoms with Crippen LogP contribution in [0.4, 0.5) is 0 Å². The van der Waals surface area contributed by atoms with Gasteiger partial charge in [0, 0.05) is 17.7 Å². The summed E-state index contributed by atoms with van der Waals surface area (Å²) in [6.07, 6.45) is 2.11. The first-order valence-corrected chi connectivity index (χ1v) is 8.87. The summed E-state index contributed by atoms with van der Waals surface area (Å²) >= 11 is 0. The molecule has 1 aromatic carbocycles. The SMILES string of the molecule is Cc1c(C(=O)NC(C)c2ccc(OCC(=O)O)cc2)[nH]c2c1C(=O)CCC2. The van der Waals surface area contributed by atoms with Crippen molar-refractivity contribution in [2.45, 2.75) is 39.2 Å². The van der Waals surface area contributed by atoms with Crippen LogP contribution in [0.25, 0.3) is 0 Å². The highest BCUT2D eigenvalue weighted by molar-refractivity contribution is 6.04. The summed E-state index contributed by atoms with van der Waals surface area (Å²) in [5, 5.41) is 11.6. The van der Waals surface area contributed by atoms with Crippen LogP contribution in [0.3, 0.4) is 0 Å². The lowest BCUT2D eigenvalue weighted by Crippen LogP contribution is -2.27. The number of carbonyl (C=O) groups excluding carboxylic acids is 2. The average Bonchev–Trinajstić information content (AvgIpc) is 2.98. The van der Waals surface area contributed by atoms with Crippen LogP contribution in [0.5, 0.6) is 5.75 Å². The van der Waals surface area contributed by atoms with Gasteiger partial charge in [0.25, 0.3) is 5.91 Å². The zero-order valence-corrected chi connectivity index (χ0v) is 15.3. The Balaban J connectivity index is 1.69. The van der Waals surface area contributed by atoms with Crippen LogP contribution in [-0.4, -0.2) is 34.4 Å². The molecule has 7 nitrogen and oxygen atoms in total. The standard InChI is InChI=1S/C20H22N2O5/c1-11-18-15(4-3-5-16(18)23)22-19(11)20(26)21-12(2)13-6-8-14(9-7-13)27-10-17(24)25/h6-9,12,22H,3-5,10H2,1-2H3,(H,21,26)(H,24,25). The molecule has 27 heavy (non-hydrogen) atoms. The van der Waals surface area contributed by atoms with Crippen molar-refractivity contribution in [3.8, 4) is 5.75 Å². The predicted molar refractivity (Wildman–Crippen MR) is 98.3 cm³/mol. The average molecular weight is 370 g/mol. The summed E-state index contributed by atoms with van der Waals surface area (Å²) in [5.41, 5.74) is 3.51. The number of aromatic nitrogens is 1. The van der Waals surface area contributed by atoms with Crippen LogP contribution in [0.1, 0.15) is 63.5 Å². The molecule has 142 valence electrons. The van der Waals surface area contributed by atoms with E-state index >= 15 is 0 Å². The summed E-state index contributed by atoms with van der Waals surface area (Å²) in [6.45, 7) is 3.25. The van der Waals surface area contributed by atoms with Gasteiger partial charge < -0.3 is 20.1 Å². The summed E-state index contributed by atoms with van der Waals surface area (Å²) in [5.74, 6) is -0.754. The Morgan fingerprint density at radius 1 is 1.26 bits per heavy atom. The van der Waals surface area contributed by atoms with Crippen molar-refractivity contribution >= 4 is 17.7 Å². The third-order valence-corrected chi connectivity index (χ3v) is 4.75. The molecule has 1 heterocycles. The molecule has 0 aliphatic heterocycles. The summed E-state index contributed by atoms with van der Waals surface area (Å²) in [7, 11) is 0. The van der Waals surface area contributed by atoms with E-state index in [9.17, 15) is 14.4 Å². The van der Waals surface area contributed by atoms with Gasteiger partial charge in [0.1, 0.15) is 11.4 Å². The second kappa shape index (κ2) is 7.65. The van der Waals surface area contributed by atoms with Gasteiger partial charge >= 0.3 is 5.97 Å². The first-order valence-electron chi connectivity index (χ1n) is 8.87. The largest absolute Gasteiger partial charge is 0.482 e. The number of aryl methyl sites for hydroxylation is 1. The number of rotatable bonds is 6. The van der Waals surface area contributed by atoms with Gasteiger partial charge in [-0.05, 0) is 49.9 Å².